The molecule has 6 nitrogen and oxygen atoms in total. The van der Waals surface area contributed by atoms with E-state index in [0.717, 1.165) is 37.1 Å². The summed E-state index contributed by atoms with van der Waals surface area (Å²) >= 11 is 0. The van der Waals surface area contributed by atoms with E-state index in [2.05, 4.69) is 20.7 Å². The van der Waals surface area contributed by atoms with Crippen LogP contribution in [0.3, 0.4) is 0 Å². The lowest BCUT2D eigenvalue weighted by Crippen LogP contribution is -2.27. The number of carbonyl (C=O) groups excluding carboxylic acids is 1. The molecule has 1 aliphatic rings. The van der Waals surface area contributed by atoms with Gasteiger partial charge in [0.15, 0.2) is 5.65 Å². The molecule has 10 heteroatoms. The number of aryl methyl sites for hydroxylation is 1. The lowest BCUT2D eigenvalue weighted by atomic mass is 9.95. The fraction of sp³-hybridized carbons (Fsp3) is 0.435. The standard InChI is InChI=1S/C23H25F4N5O/c1-2-32-21-16(13-30-32)20(31-15-6-4-3-5-7-15)17(12-28-21)22(33)29-11-14-8-9-19(24)18(10-14)23(25,26)27/h8-10,12-13,15H,2-7,11H2,1H3,(H,28,31)(H,29,33). The van der Waals surface area contributed by atoms with Gasteiger partial charge in [-0.05, 0) is 37.5 Å². The van der Waals surface area contributed by atoms with E-state index >= 15 is 0 Å². The Morgan fingerprint density at radius 2 is 1.94 bits per heavy atom. The van der Waals surface area contributed by atoms with E-state index in [0.29, 0.717) is 29.5 Å². The monoisotopic (exact) mass is 463 g/mol. The number of alkyl halides is 3. The van der Waals surface area contributed by atoms with Crippen LogP contribution < -0.4 is 10.6 Å². The van der Waals surface area contributed by atoms with Crippen molar-refractivity contribution in [2.24, 2.45) is 0 Å². The van der Waals surface area contributed by atoms with Gasteiger partial charge in [0, 0.05) is 25.3 Å². The maximum atomic E-state index is 13.6. The van der Waals surface area contributed by atoms with Crippen molar-refractivity contribution in [3.8, 4) is 0 Å². The topological polar surface area (TPSA) is 71.8 Å². The molecule has 0 bridgehead atoms. The lowest BCUT2D eigenvalue weighted by molar-refractivity contribution is -0.140. The summed E-state index contributed by atoms with van der Waals surface area (Å²) < 4.78 is 54.3. The molecule has 2 heterocycles. The van der Waals surface area contributed by atoms with Gasteiger partial charge in [-0.25, -0.2) is 14.1 Å². The minimum Gasteiger partial charge on any atom is -0.381 e. The van der Waals surface area contributed by atoms with E-state index in [1.807, 2.05) is 6.92 Å². The fourth-order valence-corrected chi connectivity index (χ4v) is 4.21. The maximum absolute atomic E-state index is 13.6. The second-order valence-corrected chi connectivity index (χ2v) is 8.22. The lowest BCUT2D eigenvalue weighted by Gasteiger charge is -2.25. The van der Waals surface area contributed by atoms with Gasteiger partial charge in [-0.2, -0.15) is 18.3 Å². The fourth-order valence-electron chi connectivity index (χ4n) is 4.21. The average molecular weight is 463 g/mol. The van der Waals surface area contributed by atoms with Gasteiger partial charge in [-0.15, -0.1) is 0 Å². The van der Waals surface area contributed by atoms with Crippen molar-refractivity contribution in [3.05, 3.63) is 53.1 Å². The second-order valence-electron chi connectivity index (χ2n) is 8.22. The molecule has 1 aromatic carbocycles. The number of hydrogen-bond acceptors (Lipinski definition) is 4. The summed E-state index contributed by atoms with van der Waals surface area (Å²) in [5.41, 5.74) is 0.359. The van der Waals surface area contributed by atoms with Crippen LogP contribution in [0.15, 0.2) is 30.6 Å². The third-order valence-corrected chi connectivity index (χ3v) is 5.95. The van der Waals surface area contributed by atoms with Crippen LogP contribution in [0.1, 0.15) is 60.5 Å². The molecule has 33 heavy (non-hydrogen) atoms. The molecule has 3 aromatic rings. The first-order valence-corrected chi connectivity index (χ1v) is 11.0. The number of amides is 1. The SMILES string of the molecule is CCn1ncc2c(NC3CCCCC3)c(C(=O)NCc3ccc(F)c(C(F)(F)F)c3)cnc21. The molecule has 0 radical (unpaired) electrons. The molecular formula is C23H25F4N5O. The Hall–Kier alpha value is -3.17. The summed E-state index contributed by atoms with van der Waals surface area (Å²) in [4.78, 5) is 17.4. The number of aromatic nitrogens is 3. The molecule has 4 rings (SSSR count). The van der Waals surface area contributed by atoms with Crippen LogP contribution in [0.5, 0.6) is 0 Å². The molecule has 0 aliphatic heterocycles. The van der Waals surface area contributed by atoms with E-state index in [1.54, 1.807) is 10.9 Å². The van der Waals surface area contributed by atoms with E-state index in [-0.39, 0.29) is 18.2 Å². The number of carbonyl (C=O) groups is 1. The highest BCUT2D eigenvalue weighted by Gasteiger charge is 2.34. The number of benzene rings is 1. The predicted molar refractivity (Wildman–Crippen MR) is 116 cm³/mol. The molecule has 0 atom stereocenters. The number of fused-ring (bicyclic) bond motifs is 1. The molecule has 0 spiro atoms. The Bertz CT molecular complexity index is 1150. The number of hydrogen-bond donors (Lipinski definition) is 2. The third kappa shape index (κ3) is 4.94. The zero-order valence-electron chi connectivity index (χ0n) is 18.2. The second kappa shape index (κ2) is 9.36. The van der Waals surface area contributed by atoms with Crippen LogP contribution in [0, 0.1) is 5.82 Å². The smallest absolute Gasteiger partial charge is 0.381 e. The number of pyridine rings is 1. The number of anilines is 1. The Morgan fingerprint density at radius 1 is 1.18 bits per heavy atom. The molecule has 2 N–H and O–H groups in total. The quantitative estimate of drug-likeness (QED) is 0.488. The van der Waals surface area contributed by atoms with Gasteiger partial charge >= 0.3 is 6.18 Å². The Balaban J connectivity index is 1.60. The summed E-state index contributed by atoms with van der Waals surface area (Å²) in [6.45, 7) is 2.38. The highest BCUT2D eigenvalue weighted by atomic mass is 19.4. The van der Waals surface area contributed by atoms with Crippen LogP contribution in [-0.2, 0) is 19.3 Å². The van der Waals surface area contributed by atoms with Gasteiger partial charge in [-0.1, -0.05) is 25.3 Å². The largest absolute Gasteiger partial charge is 0.419 e. The van der Waals surface area contributed by atoms with Gasteiger partial charge in [0.05, 0.1) is 28.4 Å². The molecule has 2 aromatic heterocycles. The summed E-state index contributed by atoms with van der Waals surface area (Å²) in [6, 6.07) is 2.91. The highest BCUT2D eigenvalue weighted by Crippen LogP contribution is 2.32. The van der Waals surface area contributed by atoms with E-state index in [1.165, 1.54) is 18.7 Å². The van der Waals surface area contributed by atoms with Crippen molar-refractivity contribution in [1.82, 2.24) is 20.1 Å². The summed E-state index contributed by atoms with van der Waals surface area (Å²) in [5, 5.41) is 11.2. The normalized spacial score (nSPS) is 15.1. The van der Waals surface area contributed by atoms with Crippen molar-refractivity contribution in [2.75, 3.05) is 5.32 Å². The van der Waals surface area contributed by atoms with Crippen LogP contribution in [0.4, 0.5) is 23.2 Å². The van der Waals surface area contributed by atoms with Gasteiger partial charge in [0.1, 0.15) is 5.82 Å². The molecule has 0 unspecified atom stereocenters. The Morgan fingerprint density at radius 3 is 2.64 bits per heavy atom. The Labute approximate surface area is 188 Å². The molecule has 0 saturated heterocycles. The van der Waals surface area contributed by atoms with Crippen LogP contribution in [0.2, 0.25) is 0 Å². The number of rotatable bonds is 6. The van der Waals surface area contributed by atoms with Gasteiger partial charge in [-0.3, -0.25) is 4.79 Å². The minimum atomic E-state index is -4.81. The van der Waals surface area contributed by atoms with Crippen molar-refractivity contribution in [2.45, 2.75) is 64.3 Å². The van der Waals surface area contributed by atoms with E-state index in [9.17, 15) is 22.4 Å². The van der Waals surface area contributed by atoms with Crippen molar-refractivity contribution in [1.29, 1.82) is 0 Å². The first-order chi connectivity index (χ1) is 15.8. The molecule has 1 saturated carbocycles. The highest BCUT2D eigenvalue weighted by molar-refractivity contribution is 6.06. The van der Waals surface area contributed by atoms with E-state index in [4.69, 9.17) is 0 Å². The van der Waals surface area contributed by atoms with Crippen LogP contribution in [0.25, 0.3) is 11.0 Å². The van der Waals surface area contributed by atoms with Gasteiger partial charge < -0.3 is 10.6 Å². The molecule has 176 valence electrons. The molecule has 1 amide bonds. The third-order valence-electron chi connectivity index (χ3n) is 5.95. The van der Waals surface area contributed by atoms with Crippen LogP contribution >= 0.6 is 0 Å². The predicted octanol–water partition coefficient (Wildman–Crippen LogP) is 5.28. The first-order valence-electron chi connectivity index (χ1n) is 11.0. The zero-order valence-corrected chi connectivity index (χ0v) is 18.2. The van der Waals surface area contributed by atoms with Gasteiger partial charge in [0.2, 0.25) is 0 Å². The molecular weight excluding hydrogens is 438 g/mol. The Kier molecular flexibility index (Phi) is 6.53. The summed E-state index contributed by atoms with van der Waals surface area (Å²) in [5.74, 6) is -1.83. The number of halogens is 4. The summed E-state index contributed by atoms with van der Waals surface area (Å²) in [7, 11) is 0. The molecule has 1 fully saturated rings. The van der Waals surface area contributed by atoms with Crippen molar-refractivity contribution < 1.29 is 22.4 Å². The summed E-state index contributed by atoms with van der Waals surface area (Å²) in [6.07, 6.45) is 3.69. The van der Waals surface area contributed by atoms with Crippen molar-refractivity contribution >= 4 is 22.6 Å². The average Bonchev–Trinajstić information content (AvgIpc) is 3.22. The van der Waals surface area contributed by atoms with Crippen molar-refractivity contribution in [3.63, 3.8) is 0 Å². The van der Waals surface area contributed by atoms with E-state index < -0.39 is 23.5 Å². The maximum Gasteiger partial charge on any atom is 0.419 e. The first kappa shape index (κ1) is 23.0. The number of nitrogens with one attached hydrogen (secondary N) is 2. The minimum absolute atomic E-state index is 0.145. The zero-order chi connectivity index (χ0) is 23.6. The molecule has 1 aliphatic carbocycles. The number of nitrogens with zero attached hydrogens (tertiary/aromatic N) is 3. The van der Waals surface area contributed by atoms with Crippen LogP contribution in [-0.4, -0.2) is 26.7 Å². The van der Waals surface area contributed by atoms with Gasteiger partial charge in [0.25, 0.3) is 5.91 Å².